The van der Waals surface area contributed by atoms with Crippen molar-refractivity contribution in [2.75, 3.05) is 92.0 Å². The van der Waals surface area contributed by atoms with Crippen molar-refractivity contribution in [3.05, 3.63) is 82.8 Å². The number of fused-ring (bicyclic) bond motifs is 5. The van der Waals surface area contributed by atoms with Crippen LogP contribution in [0.15, 0.2) is 60.2 Å². The molecule has 583 valence electrons. The molecule has 12 atom stereocenters. The molecule has 4 bridgehead atoms. The van der Waals surface area contributed by atoms with Gasteiger partial charge in [-0.1, -0.05) is 60.9 Å². The molecule has 106 heavy (non-hydrogen) atoms. The SMILES string of the molecule is COc1cc2cc(c1Cl)N(C)C(=O)C[C@H](OC(=O)[C@H](C)N(C)C(=O)CCSCC(=O)N[C@@H](CCCNC(N)=O)C(=O)N[C@@H](CCCCNC(=O)[C@H](C[N+](C)(C)C)NC(=O)CN1C(=O)[CH-]CC1=O)C(=O)N[C@@H](Cc1ccc(O)cc1)C(=O)O)[C@]1(C)O[C@H]1[C@H](C)[C@@H]1C[C@@](O)(NC(=O)O1)[C@H](OC)/C=C/C=C(\C)C2.[V]. The number of nitrogens with one attached hydrogen (secondary N) is 7. The van der Waals surface area contributed by atoms with Crippen LogP contribution in [0.25, 0.3) is 0 Å². The Bertz CT molecular complexity index is 3590. The van der Waals surface area contributed by atoms with Gasteiger partial charge in [0.15, 0.2) is 11.8 Å². The van der Waals surface area contributed by atoms with E-state index in [1.54, 1.807) is 65.4 Å². The Labute approximate surface area is 636 Å². The third-order valence-electron chi connectivity index (χ3n) is 18.4. The van der Waals surface area contributed by atoms with Crippen LogP contribution < -0.4 is 52.6 Å². The number of allylic oxidation sites excluding steroid dienone is 3. The topological polar surface area (TPSA) is 452 Å². The Balaban J connectivity index is 0.0000202. The van der Waals surface area contributed by atoms with Gasteiger partial charge < -0.3 is 101 Å². The third-order valence-corrected chi connectivity index (χ3v) is 19.7. The molecule has 4 aliphatic heterocycles. The number of hydrogen-bond donors (Lipinski definition) is 11. The molecule has 2 aromatic rings. The summed E-state index contributed by atoms with van der Waals surface area (Å²) >= 11 is 7.85. The number of carboxylic acids is 1. The van der Waals surface area contributed by atoms with Crippen molar-refractivity contribution >= 4 is 106 Å². The number of imide groups is 1. The van der Waals surface area contributed by atoms with E-state index >= 15 is 0 Å². The van der Waals surface area contributed by atoms with Crippen LogP contribution >= 0.6 is 23.4 Å². The number of hydrogen-bond acceptors (Lipinski definition) is 21. The Morgan fingerprint density at radius 2 is 1.54 bits per heavy atom. The first-order chi connectivity index (χ1) is 49.4. The van der Waals surface area contributed by atoms with E-state index in [2.05, 4.69) is 37.2 Å². The molecule has 3 fully saturated rings. The van der Waals surface area contributed by atoms with E-state index in [0.717, 1.165) is 33.6 Å². The van der Waals surface area contributed by atoms with Crippen LogP contribution in [0.3, 0.4) is 0 Å². The van der Waals surface area contributed by atoms with Crippen molar-refractivity contribution in [3.8, 4) is 11.5 Å². The molecule has 4 aliphatic rings. The molecule has 0 unspecified atom stereocenters. The number of rotatable bonds is 33. The fourth-order valence-electron chi connectivity index (χ4n) is 12.2. The molecular formula is C70H99ClN12O21SV. The zero-order chi connectivity index (χ0) is 77.8. The van der Waals surface area contributed by atoms with E-state index in [4.69, 9.17) is 41.0 Å². The summed E-state index contributed by atoms with van der Waals surface area (Å²) < 4.78 is 29.7. The normalized spacial score (nSPS) is 23.1. The number of nitrogens with zero attached hydrogens (tertiary/aromatic N) is 4. The average Bonchev–Trinajstić information content (AvgIpc) is 1.57. The van der Waals surface area contributed by atoms with E-state index in [9.17, 15) is 77.6 Å². The number of carbonyl (C=O) groups excluding carboxylic acids is 12. The summed E-state index contributed by atoms with van der Waals surface area (Å²) in [7, 11) is 11.0. The van der Waals surface area contributed by atoms with Crippen molar-refractivity contribution in [2.24, 2.45) is 11.7 Å². The number of unbranched alkanes of at least 4 members (excludes halogenated alkanes) is 1. The number of epoxide rings is 1. The number of methoxy groups -OCH3 is 2. The molecule has 4 heterocycles. The molecule has 3 saturated heterocycles. The van der Waals surface area contributed by atoms with Crippen LogP contribution in [0.2, 0.25) is 5.02 Å². The van der Waals surface area contributed by atoms with Crippen LogP contribution in [-0.2, 0) is 103 Å². The summed E-state index contributed by atoms with van der Waals surface area (Å²) in [5.41, 5.74) is 4.23. The number of primary amides is 1. The van der Waals surface area contributed by atoms with Crippen molar-refractivity contribution in [3.63, 3.8) is 0 Å². The summed E-state index contributed by atoms with van der Waals surface area (Å²) in [5, 5.41) is 50.1. The number of aromatic hydroxyl groups is 1. The van der Waals surface area contributed by atoms with Gasteiger partial charge in [0.2, 0.25) is 47.3 Å². The van der Waals surface area contributed by atoms with E-state index in [-0.39, 0.29) is 134 Å². The van der Waals surface area contributed by atoms with Crippen LogP contribution in [-0.4, -0.2) is 260 Å². The maximum atomic E-state index is 14.5. The summed E-state index contributed by atoms with van der Waals surface area (Å²) in [4.78, 5) is 176. The molecule has 12 amide bonds. The second-order valence-electron chi connectivity index (χ2n) is 27.7. The molecule has 0 spiro atoms. The van der Waals surface area contributed by atoms with E-state index in [1.807, 2.05) is 6.92 Å². The zero-order valence-corrected chi connectivity index (χ0v) is 64.3. The fraction of sp³-hybridized carbons (Fsp3) is 0.571. The molecule has 1 radical (unpaired) electrons. The fourth-order valence-corrected chi connectivity index (χ4v) is 13.3. The molecule has 36 heteroatoms. The Morgan fingerprint density at radius 1 is 0.896 bits per heavy atom. The number of carboxylic acid groups (broad SMARTS) is 1. The number of benzene rings is 2. The number of aliphatic carboxylic acids is 1. The minimum atomic E-state index is -1.95. The van der Waals surface area contributed by atoms with Crippen LogP contribution in [0.5, 0.6) is 11.5 Å². The quantitative estimate of drug-likeness (QED) is 0.0119. The number of thioether (sulfide) groups is 1. The number of nitrogens with two attached hydrogens (primary N) is 1. The summed E-state index contributed by atoms with van der Waals surface area (Å²) in [6.07, 6.45) is 0.391. The van der Waals surface area contributed by atoms with Gasteiger partial charge in [-0.2, -0.15) is 11.8 Å². The molecule has 33 nitrogen and oxygen atoms in total. The Hall–Kier alpha value is -8.64. The number of likely N-dealkylation sites (N-methyl/N-ethyl adjacent to an activating group) is 2. The Kier molecular flexibility index (Phi) is 33.1. The minimum Gasteiger partial charge on any atom is -0.508 e. The number of alkyl carbamates (subject to hydrolysis) is 1. The van der Waals surface area contributed by atoms with Gasteiger partial charge in [0.1, 0.15) is 77.7 Å². The van der Waals surface area contributed by atoms with Gasteiger partial charge in [0.05, 0.1) is 58.1 Å². The number of aliphatic hydroxyl groups is 1. The van der Waals surface area contributed by atoms with Gasteiger partial charge in [-0.25, -0.2) is 19.2 Å². The van der Waals surface area contributed by atoms with Gasteiger partial charge >= 0.3 is 24.1 Å². The Morgan fingerprint density at radius 3 is 2.16 bits per heavy atom. The number of anilines is 1. The number of halogens is 1. The predicted octanol–water partition coefficient (Wildman–Crippen LogP) is 1.01. The zero-order valence-electron chi connectivity index (χ0n) is 61.4. The maximum absolute atomic E-state index is 14.5. The number of likely N-dealkylation sites (tertiary alicyclic amines) is 1. The summed E-state index contributed by atoms with van der Waals surface area (Å²) in [5.74, 6) is -9.28. The van der Waals surface area contributed by atoms with E-state index < -0.39 is 162 Å². The van der Waals surface area contributed by atoms with Gasteiger partial charge in [-0.3, -0.25) is 50.1 Å². The predicted molar refractivity (Wildman–Crippen MR) is 382 cm³/mol. The maximum Gasteiger partial charge on any atom is 0.409 e. The first kappa shape index (κ1) is 88.0. The van der Waals surface area contributed by atoms with Crippen LogP contribution in [0, 0.1) is 12.3 Å². The van der Waals surface area contributed by atoms with Gasteiger partial charge in [-0.15, -0.1) is 0 Å². The van der Waals surface area contributed by atoms with Crippen LogP contribution in [0.1, 0.15) is 96.6 Å². The van der Waals surface area contributed by atoms with Gasteiger partial charge in [-0.05, 0) is 94.7 Å². The van der Waals surface area contributed by atoms with Crippen molar-refractivity contribution in [1.82, 2.24) is 47.0 Å². The molecule has 2 aromatic carbocycles. The molecule has 12 N–H and O–H groups in total. The smallest absolute Gasteiger partial charge is 0.409 e. The molecule has 0 aromatic heterocycles. The van der Waals surface area contributed by atoms with Crippen LogP contribution in [0.4, 0.5) is 15.3 Å². The van der Waals surface area contributed by atoms with Crippen molar-refractivity contribution in [2.45, 2.75) is 164 Å². The summed E-state index contributed by atoms with van der Waals surface area (Å²) in [6.45, 7) is 6.11. The molecule has 0 aliphatic carbocycles. The first-order valence-electron chi connectivity index (χ1n) is 34.3. The third kappa shape index (κ3) is 25.5. The van der Waals surface area contributed by atoms with E-state index in [1.165, 1.54) is 64.4 Å². The number of ether oxygens (including phenoxy) is 5. The number of carbonyl (C=O) groups is 13. The van der Waals surface area contributed by atoms with Crippen molar-refractivity contribution in [1.29, 1.82) is 0 Å². The van der Waals surface area contributed by atoms with Gasteiger partial charge in [0, 0.05) is 83.8 Å². The van der Waals surface area contributed by atoms with E-state index in [0.29, 0.717) is 17.5 Å². The number of quaternary nitrogens is 1. The number of urea groups is 1. The molecule has 6 rings (SSSR count). The number of phenols is 1. The summed E-state index contributed by atoms with van der Waals surface area (Å²) in [6, 6.07) is 1.46. The average molecular weight is 1560 g/mol. The molecular weight excluding hydrogens is 1460 g/mol. The molecule has 0 saturated carbocycles. The van der Waals surface area contributed by atoms with Crippen molar-refractivity contribution < 1.29 is 124 Å². The first-order valence-corrected chi connectivity index (χ1v) is 35.8. The number of esters is 1. The second kappa shape index (κ2) is 39.8. The monoisotopic (exact) mass is 1560 g/mol. The minimum absolute atomic E-state index is 0. The number of phenolic OH excluding ortho intramolecular Hbond substituents is 1. The largest absolute Gasteiger partial charge is 0.508 e. The van der Waals surface area contributed by atoms with Gasteiger partial charge in [0.25, 0.3) is 0 Å². The second-order valence-corrected chi connectivity index (χ2v) is 29.2. The standard InChI is InChI=1S/C70H99ClN12O21S.V/c1-39-16-14-19-52(101-11)70(99)35-51(102-68(98)79-70)40(2)61-69(4,104-61)53(34-59(90)81(6)49-32-43(30-39)33-50(100-10)60(49)71)103-66(96)41(3)80(5)56(87)26-29-105-38-55(86)75-45(18-15-28-74-67(72)97)63(92)77-46(64(93)78-47(65(94)95)31-42-20-22-44(84)23-21-42)17-12-13-27-73-62(91)48(37-83(7,8)9)76-54(85)36-82-57(88)24-25-58(82)89;/h14,16,19-24,32-33,40-41,45-48,51-53,61,84,99H,12-13,15,17-18,25-31,34-38H2,1-11H3,(H,73,91)(H,75,86)(H,76,85)(H,77,92)(H,78,93)(H,79,98)(H,94,95)(H3,72,74,97);/b19-14+,39-16+;/t40-,41+,45+,46+,47+,48+,51+,52-,53+,61+,69+,70+;/m1./s1. The number of amides is 12.